The minimum atomic E-state index is -0.287. The Morgan fingerprint density at radius 3 is 2.85 bits per heavy atom. The molecule has 1 N–H and O–H groups in total. The molecule has 2 aromatic heterocycles. The van der Waals surface area contributed by atoms with E-state index >= 15 is 0 Å². The van der Waals surface area contributed by atoms with Crippen LogP contribution >= 0.6 is 0 Å². The first-order valence-corrected chi connectivity index (χ1v) is 6.65. The molecule has 108 valence electrons. The molecule has 0 unspecified atom stereocenters. The first kappa shape index (κ1) is 14.2. The Hall–Kier alpha value is -2.18. The van der Waals surface area contributed by atoms with Gasteiger partial charge in [0.15, 0.2) is 5.82 Å². The average molecular weight is 277 g/mol. The van der Waals surface area contributed by atoms with E-state index in [1.165, 1.54) is 0 Å². The van der Waals surface area contributed by atoms with E-state index in [1.54, 1.807) is 12.5 Å². The molecule has 20 heavy (non-hydrogen) atoms. The molecule has 0 saturated heterocycles. The molecule has 1 atom stereocenters. The van der Waals surface area contributed by atoms with E-state index < -0.39 is 0 Å². The fourth-order valence-corrected chi connectivity index (χ4v) is 1.68. The highest BCUT2D eigenvalue weighted by Crippen LogP contribution is 2.14. The topological polar surface area (TPSA) is 85.8 Å². The normalized spacial score (nSPS) is 12.6. The van der Waals surface area contributed by atoms with Gasteiger partial charge >= 0.3 is 0 Å². The molecule has 0 fully saturated rings. The van der Waals surface area contributed by atoms with Crippen molar-refractivity contribution in [2.45, 2.75) is 45.7 Å². The lowest BCUT2D eigenvalue weighted by atomic mass is 10.2. The Bertz CT molecular complexity index is 547. The lowest BCUT2D eigenvalue weighted by Gasteiger charge is -2.09. The number of hydrogen-bond donors (Lipinski definition) is 1. The summed E-state index contributed by atoms with van der Waals surface area (Å²) < 4.78 is 7.00. The molecule has 0 radical (unpaired) electrons. The van der Waals surface area contributed by atoms with Crippen LogP contribution in [0.1, 0.15) is 50.9 Å². The van der Waals surface area contributed by atoms with Crippen LogP contribution in [0.2, 0.25) is 0 Å². The molecular weight excluding hydrogens is 258 g/mol. The maximum atomic E-state index is 11.8. The summed E-state index contributed by atoms with van der Waals surface area (Å²) >= 11 is 0. The van der Waals surface area contributed by atoms with Gasteiger partial charge in [-0.25, -0.2) is 4.98 Å². The summed E-state index contributed by atoms with van der Waals surface area (Å²) in [5.41, 5.74) is 0. The summed E-state index contributed by atoms with van der Waals surface area (Å²) in [6.07, 6.45) is 5.57. The predicted octanol–water partition coefficient (Wildman–Crippen LogP) is 1.66. The zero-order valence-corrected chi connectivity index (χ0v) is 11.9. The highest BCUT2D eigenvalue weighted by Gasteiger charge is 2.17. The number of aromatic nitrogens is 4. The first-order valence-electron chi connectivity index (χ1n) is 6.65. The summed E-state index contributed by atoms with van der Waals surface area (Å²) in [6, 6.07) is -0.287. The zero-order chi connectivity index (χ0) is 14.5. The van der Waals surface area contributed by atoms with Gasteiger partial charge < -0.3 is 14.4 Å². The number of carbonyl (C=O) groups is 1. The number of amides is 1. The zero-order valence-electron chi connectivity index (χ0n) is 11.9. The number of aryl methyl sites for hydroxylation is 1. The first-order chi connectivity index (χ1) is 9.56. The second-order valence-corrected chi connectivity index (χ2v) is 4.99. The van der Waals surface area contributed by atoms with Crippen molar-refractivity contribution in [3.63, 3.8) is 0 Å². The van der Waals surface area contributed by atoms with Gasteiger partial charge in [0.05, 0.1) is 6.33 Å². The average Bonchev–Trinajstić information content (AvgIpc) is 3.07. The molecule has 7 nitrogen and oxygen atoms in total. The van der Waals surface area contributed by atoms with E-state index in [9.17, 15) is 4.79 Å². The molecule has 0 aliphatic carbocycles. The SMILES string of the molecule is CC(C)c1noc([C@H](C)NC(=O)CCn2ccnc2)n1. The van der Waals surface area contributed by atoms with Gasteiger partial charge in [0.1, 0.15) is 6.04 Å². The minimum Gasteiger partial charge on any atom is -0.345 e. The summed E-state index contributed by atoms with van der Waals surface area (Å²) in [5, 5.41) is 6.72. The molecule has 0 aromatic carbocycles. The molecular formula is C13H19N5O2. The van der Waals surface area contributed by atoms with Crippen molar-refractivity contribution in [2.75, 3.05) is 0 Å². The Labute approximate surface area is 117 Å². The molecule has 7 heteroatoms. The van der Waals surface area contributed by atoms with Gasteiger partial charge in [0, 0.05) is 31.3 Å². The lowest BCUT2D eigenvalue weighted by molar-refractivity contribution is -0.122. The van der Waals surface area contributed by atoms with Crippen LogP contribution < -0.4 is 5.32 Å². The number of nitrogens with zero attached hydrogens (tertiary/aromatic N) is 4. The molecule has 0 bridgehead atoms. The smallest absolute Gasteiger partial charge is 0.248 e. The molecule has 1 amide bonds. The van der Waals surface area contributed by atoms with Crippen LogP contribution in [0, 0.1) is 0 Å². The molecule has 0 spiro atoms. The number of hydrogen-bond acceptors (Lipinski definition) is 5. The standard InChI is InChI=1S/C13H19N5O2/c1-9(2)12-16-13(20-17-12)10(3)15-11(19)4-6-18-7-5-14-8-18/h5,7-10H,4,6H2,1-3H3,(H,15,19)/t10-/m0/s1. The number of imidazole rings is 1. The van der Waals surface area contributed by atoms with Crippen molar-refractivity contribution in [2.24, 2.45) is 0 Å². The Morgan fingerprint density at radius 1 is 1.45 bits per heavy atom. The van der Waals surface area contributed by atoms with Crippen molar-refractivity contribution in [1.29, 1.82) is 0 Å². The van der Waals surface area contributed by atoms with Crippen molar-refractivity contribution in [3.8, 4) is 0 Å². The Balaban J connectivity index is 1.83. The van der Waals surface area contributed by atoms with Gasteiger partial charge in [0.2, 0.25) is 11.8 Å². The highest BCUT2D eigenvalue weighted by molar-refractivity contribution is 5.76. The van der Waals surface area contributed by atoms with Crippen LogP contribution in [-0.2, 0) is 11.3 Å². The van der Waals surface area contributed by atoms with Crippen LogP contribution in [0.3, 0.4) is 0 Å². The van der Waals surface area contributed by atoms with Crippen molar-refractivity contribution >= 4 is 5.91 Å². The Morgan fingerprint density at radius 2 is 2.25 bits per heavy atom. The second kappa shape index (κ2) is 6.31. The van der Waals surface area contributed by atoms with Crippen LogP contribution in [0.15, 0.2) is 23.2 Å². The van der Waals surface area contributed by atoms with E-state index in [1.807, 2.05) is 31.5 Å². The number of nitrogens with one attached hydrogen (secondary N) is 1. The van der Waals surface area contributed by atoms with Crippen molar-refractivity contribution in [3.05, 3.63) is 30.4 Å². The van der Waals surface area contributed by atoms with Gasteiger partial charge in [0.25, 0.3) is 0 Å². The third-order valence-electron chi connectivity index (χ3n) is 2.88. The number of rotatable bonds is 6. The molecule has 0 saturated carbocycles. The predicted molar refractivity (Wildman–Crippen MR) is 71.8 cm³/mol. The maximum absolute atomic E-state index is 11.8. The lowest BCUT2D eigenvalue weighted by Crippen LogP contribution is -2.27. The summed E-state index contributed by atoms with van der Waals surface area (Å²) in [4.78, 5) is 20.0. The van der Waals surface area contributed by atoms with E-state index in [0.717, 1.165) is 0 Å². The van der Waals surface area contributed by atoms with Crippen molar-refractivity contribution < 1.29 is 9.32 Å². The molecule has 0 aliphatic heterocycles. The van der Waals surface area contributed by atoms with E-state index in [-0.39, 0.29) is 17.9 Å². The molecule has 2 heterocycles. The van der Waals surface area contributed by atoms with E-state index in [4.69, 9.17) is 4.52 Å². The summed E-state index contributed by atoms with van der Waals surface area (Å²) in [5.74, 6) is 1.23. The van der Waals surface area contributed by atoms with Gasteiger partial charge in [-0.2, -0.15) is 4.98 Å². The summed E-state index contributed by atoms with van der Waals surface area (Å²) in [6.45, 7) is 6.40. The van der Waals surface area contributed by atoms with Crippen LogP contribution in [0.25, 0.3) is 0 Å². The second-order valence-electron chi connectivity index (χ2n) is 4.99. The maximum Gasteiger partial charge on any atom is 0.248 e. The van der Waals surface area contributed by atoms with E-state index in [0.29, 0.717) is 24.7 Å². The third kappa shape index (κ3) is 3.66. The Kier molecular flexibility index (Phi) is 4.49. The molecule has 0 aliphatic rings. The fourth-order valence-electron chi connectivity index (χ4n) is 1.68. The van der Waals surface area contributed by atoms with Crippen LogP contribution in [0.4, 0.5) is 0 Å². The number of carbonyl (C=O) groups excluding carboxylic acids is 1. The quantitative estimate of drug-likeness (QED) is 0.867. The monoisotopic (exact) mass is 277 g/mol. The van der Waals surface area contributed by atoms with Crippen LogP contribution in [0.5, 0.6) is 0 Å². The fraction of sp³-hybridized carbons (Fsp3) is 0.538. The van der Waals surface area contributed by atoms with Gasteiger partial charge in [-0.3, -0.25) is 4.79 Å². The van der Waals surface area contributed by atoms with E-state index in [2.05, 4.69) is 20.4 Å². The summed E-state index contributed by atoms with van der Waals surface area (Å²) in [7, 11) is 0. The third-order valence-corrected chi connectivity index (χ3v) is 2.88. The van der Waals surface area contributed by atoms with Gasteiger partial charge in [-0.05, 0) is 6.92 Å². The van der Waals surface area contributed by atoms with Crippen LogP contribution in [-0.4, -0.2) is 25.6 Å². The largest absolute Gasteiger partial charge is 0.345 e. The molecule has 2 aromatic rings. The van der Waals surface area contributed by atoms with Gasteiger partial charge in [-0.1, -0.05) is 19.0 Å². The van der Waals surface area contributed by atoms with Gasteiger partial charge in [-0.15, -0.1) is 0 Å². The molecule has 2 rings (SSSR count). The van der Waals surface area contributed by atoms with Crippen molar-refractivity contribution in [1.82, 2.24) is 25.0 Å². The highest BCUT2D eigenvalue weighted by atomic mass is 16.5. The minimum absolute atomic E-state index is 0.0597.